The summed E-state index contributed by atoms with van der Waals surface area (Å²) in [6, 6.07) is 5.83. The van der Waals surface area contributed by atoms with Crippen molar-refractivity contribution in [2.45, 2.75) is 0 Å². The van der Waals surface area contributed by atoms with Crippen LogP contribution in [0.5, 0.6) is 0 Å². The molecule has 0 aliphatic carbocycles. The van der Waals surface area contributed by atoms with Gasteiger partial charge in [-0.15, -0.1) is 0 Å². The van der Waals surface area contributed by atoms with Crippen LogP contribution in [0.15, 0.2) is 36.9 Å². The van der Waals surface area contributed by atoms with E-state index in [-0.39, 0.29) is 0 Å². The third-order valence-electron chi connectivity index (χ3n) is 2.09. The largest absolute Gasteiger partial charge is 0.284 e. The summed E-state index contributed by atoms with van der Waals surface area (Å²) in [4.78, 5) is 8.31. The highest BCUT2D eigenvalue weighted by Crippen LogP contribution is 2.14. The van der Waals surface area contributed by atoms with Gasteiger partial charge < -0.3 is 0 Å². The van der Waals surface area contributed by atoms with Gasteiger partial charge in [-0.25, -0.2) is 5.10 Å². The molecule has 0 saturated carbocycles. The van der Waals surface area contributed by atoms with Crippen LogP contribution in [0.4, 0.5) is 0 Å². The summed E-state index contributed by atoms with van der Waals surface area (Å²) in [5, 5.41) is 6.61. The molecule has 0 spiro atoms. The average Bonchev–Trinajstić information content (AvgIpc) is 2.85. The number of H-pyrrole nitrogens is 1. The number of nitrogens with one attached hydrogen (secondary N) is 1. The number of pyridine rings is 1. The van der Waals surface area contributed by atoms with Crippen molar-refractivity contribution in [2.75, 3.05) is 0 Å². The molecule has 0 aliphatic rings. The molecule has 5 nitrogen and oxygen atoms in total. The maximum atomic E-state index is 4.23. The van der Waals surface area contributed by atoms with Gasteiger partial charge >= 0.3 is 0 Å². The van der Waals surface area contributed by atoms with E-state index in [1.54, 1.807) is 6.20 Å². The topological polar surface area (TPSA) is 59.4 Å². The molecule has 0 amide bonds. The highest BCUT2D eigenvalue weighted by Gasteiger charge is 2.04. The zero-order valence-corrected chi connectivity index (χ0v) is 7.25. The van der Waals surface area contributed by atoms with Crippen LogP contribution < -0.4 is 0 Å². The summed E-state index contributed by atoms with van der Waals surface area (Å²) >= 11 is 0. The highest BCUT2D eigenvalue weighted by molar-refractivity contribution is 5.76. The van der Waals surface area contributed by atoms with Gasteiger partial charge in [0.1, 0.15) is 6.33 Å². The maximum absolute atomic E-state index is 4.23. The van der Waals surface area contributed by atoms with Crippen molar-refractivity contribution in [1.29, 1.82) is 0 Å². The monoisotopic (exact) mass is 185 g/mol. The maximum Gasteiger partial charge on any atom is 0.229 e. The van der Waals surface area contributed by atoms with Gasteiger partial charge in [0.15, 0.2) is 0 Å². The molecule has 0 atom stereocenters. The molecule has 1 N–H and O–H groups in total. The van der Waals surface area contributed by atoms with Gasteiger partial charge in [0, 0.05) is 12.4 Å². The fraction of sp³-hybridized carbons (Fsp3) is 0. The zero-order valence-electron chi connectivity index (χ0n) is 7.25. The lowest BCUT2D eigenvalue weighted by atomic mass is 10.4. The molecule has 0 fully saturated rings. The number of rotatable bonds is 1. The molecule has 3 rings (SSSR count). The Morgan fingerprint density at radius 2 is 2.21 bits per heavy atom. The average molecular weight is 185 g/mol. The van der Waals surface area contributed by atoms with Crippen molar-refractivity contribution in [3.8, 4) is 5.95 Å². The Bertz CT molecular complexity index is 551. The first-order valence-corrected chi connectivity index (χ1v) is 4.23. The second kappa shape index (κ2) is 2.66. The Balaban J connectivity index is 2.33. The van der Waals surface area contributed by atoms with E-state index in [9.17, 15) is 0 Å². The van der Waals surface area contributed by atoms with Crippen LogP contribution in [-0.4, -0.2) is 24.7 Å². The van der Waals surface area contributed by atoms with Gasteiger partial charge in [-0.2, -0.15) is 10.1 Å². The number of aromatic amines is 1. The molecular formula is C9H7N5. The first-order chi connectivity index (χ1) is 6.95. The van der Waals surface area contributed by atoms with E-state index in [1.165, 1.54) is 6.33 Å². The summed E-state index contributed by atoms with van der Waals surface area (Å²) < 4.78 is 1.91. The Morgan fingerprint density at radius 1 is 1.21 bits per heavy atom. The summed E-state index contributed by atoms with van der Waals surface area (Å²) in [6.45, 7) is 0. The molecule has 3 aromatic rings. The van der Waals surface area contributed by atoms with Crippen LogP contribution >= 0.6 is 0 Å². The molecule has 3 aromatic heterocycles. The fourth-order valence-electron chi connectivity index (χ4n) is 1.47. The quantitative estimate of drug-likeness (QED) is 0.618. The van der Waals surface area contributed by atoms with Gasteiger partial charge in [0.05, 0.1) is 11.0 Å². The van der Waals surface area contributed by atoms with E-state index in [0.717, 1.165) is 11.0 Å². The van der Waals surface area contributed by atoms with Crippen LogP contribution in [-0.2, 0) is 0 Å². The molecule has 0 bridgehead atoms. The summed E-state index contributed by atoms with van der Waals surface area (Å²) in [7, 11) is 0. The van der Waals surface area contributed by atoms with E-state index in [2.05, 4.69) is 20.2 Å². The first-order valence-electron chi connectivity index (χ1n) is 4.23. The minimum atomic E-state index is 0.702. The summed E-state index contributed by atoms with van der Waals surface area (Å²) in [6.07, 6.45) is 5.17. The van der Waals surface area contributed by atoms with Crippen LogP contribution in [0.3, 0.4) is 0 Å². The van der Waals surface area contributed by atoms with E-state index in [1.807, 2.05) is 29.0 Å². The highest BCUT2D eigenvalue weighted by atomic mass is 15.3. The van der Waals surface area contributed by atoms with Crippen molar-refractivity contribution in [1.82, 2.24) is 24.7 Å². The molecule has 0 radical (unpaired) electrons. The number of fused-ring (bicyclic) bond motifs is 1. The second-order valence-electron chi connectivity index (χ2n) is 2.90. The van der Waals surface area contributed by atoms with E-state index in [0.29, 0.717) is 5.95 Å². The SMILES string of the molecule is c1cnc2ccn(-c3ncn[nH]3)c2c1. The predicted octanol–water partition coefficient (Wildman–Crippen LogP) is 1.14. The van der Waals surface area contributed by atoms with Crippen LogP contribution in [0.25, 0.3) is 17.0 Å². The van der Waals surface area contributed by atoms with Crippen LogP contribution in [0.1, 0.15) is 0 Å². The Kier molecular flexibility index (Phi) is 1.38. The molecule has 5 heteroatoms. The minimum absolute atomic E-state index is 0.702. The molecule has 3 heterocycles. The molecule has 14 heavy (non-hydrogen) atoms. The molecule has 68 valence electrons. The molecular weight excluding hydrogens is 178 g/mol. The van der Waals surface area contributed by atoms with Crippen molar-refractivity contribution in [2.24, 2.45) is 0 Å². The first kappa shape index (κ1) is 7.25. The van der Waals surface area contributed by atoms with Gasteiger partial charge in [-0.05, 0) is 18.2 Å². The normalized spacial score (nSPS) is 10.9. The van der Waals surface area contributed by atoms with Crippen molar-refractivity contribution in [3.05, 3.63) is 36.9 Å². The van der Waals surface area contributed by atoms with Crippen LogP contribution in [0, 0.1) is 0 Å². The third-order valence-corrected chi connectivity index (χ3v) is 2.09. The number of nitrogens with zero attached hydrogens (tertiary/aromatic N) is 4. The predicted molar refractivity (Wildman–Crippen MR) is 51.0 cm³/mol. The minimum Gasteiger partial charge on any atom is -0.284 e. The van der Waals surface area contributed by atoms with Crippen molar-refractivity contribution < 1.29 is 0 Å². The fourth-order valence-corrected chi connectivity index (χ4v) is 1.47. The number of hydrogen-bond acceptors (Lipinski definition) is 3. The van der Waals surface area contributed by atoms with Gasteiger partial charge in [0.2, 0.25) is 5.95 Å². The number of hydrogen-bond donors (Lipinski definition) is 1. The third kappa shape index (κ3) is 0.922. The van der Waals surface area contributed by atoms with E-state index < -0.39 is 0 Å². The second-order valence-corrected chi connectivity index (χ2v) is 2.90. The summed E-state index contributed by atoms with van der Waals surface area (Å²) in [5.74, 6) is 0.702. The number of aromatic nitrogens is 5. The van der Waals surface area contributed by atoms with E-state index >= 15 is 0 Å². The standard InChI is InChI=1S/C9H7N5/c1-2-8-7(10-4-1)3-5-14(8)9-11-6-12-13-9/h1-6H,(H,11,12,13). The van der Waals surface area contributed by atoms with Crippen molar-refractivity contribution >= 4 is 11.0 Å². The van der Waals surface area contributed by atoms with Gasteiger partial charge in [-0.3, -0.25) is 9.55 Å². The molecule has 0 aliphatic heterocycles. The van der Waals surface area contributed by atoms with Crippen molar-refractivity contribution in [3.63, 3.8) is 0 Å². The molecule has 0 aromatic carbocycles. The molecule has 0 saturated heterocycles. The van der Waals surface area contributed by atoms with Gasteiger partial charge in [0.25, 0.3) is 0 Å². The lowest BCUT2D eigenvalue weighted by molar-refractivity contribution is 0.966. The smallest absolute Gasteiger partial charge is 0.229 e. The zero-order chi connectivity index (χ0) is 9.38. The van der Waals surface area contributed by atoms with E-state index in [4.69, 9.17) is 0 Å². The van der Waals surface area contributed by atoms with Crippen LogP contribution in [0.2, 0.25) is 0 Å². The molecule has 0 unspecified atom stereocenters. The Morgan fingerprint density at radius 3 is 3.07 bits per heavy atom. The lowest BCUT2D eigenvalue weighted by Gasteiger charge is -1.97. The Labute approximate surface area is 79.4 Å². The lowest BCUT2D eigenvalue weighted by Crippen LogP contribution is -1.94. The van der Waals surface area contributed by atoms with Gasteiger partial charge in [-0.1, -0.05) is 0 Å². The summed E-state index contributed by atoms with van der Waals surface area (Å²) in [5.41, 5.74) is 1.97. The Hall–Kier alpha value is -2.17.